The topological polar surface area (TPSA) is 59.1 Å². The minimum Gasteiger partial charge on any atom is -0.375 e. The molecular formula is C15H26N4O. The minimum atomic E-state index is -0.0543. The van der Waals surface area contributed by atoms with E-state index < -0.39 is 0 Å². The van der Waals surface area contributed by atoms with Crippen molar-refractivity contribution in [2.45, 2.75) is 58.6 Å². The van der Waals surface area contributed by atoms with Crippen molar-refractivity contribution in [1.29, 1.82) is 0 Å². The number of rotatable bonds is 5. The van der Waals surface area contributed by atoms with Gasteiger partial charge in [0.25, 0.3) is 0 Å². The van der Waals surface area contributed by atoms with E-state index in [1.165, 1.54) is 0 Å². The van der Waals surface area contributed by atoms with E-state index in [1.807, 2.05) is 13.0 Å². The SMILES string of the molecule is CCCNc1cc(NC2CCOC(C)(C)C2)nc(C)n1. The van der Waals surface area contributed by atoms with Gasteiger partial charge in [-0.15, -0.1) is 0 Å². The minimum absolute atomic E-state index is 0.0543. The molecule has 2 N–H and O–H groups in total. The lowest BCUT2D eigenvalue weighted by Gasteiger charge is -2.36. The summed E-state index contributed by atoms with van der Waals surface area (Å²) in [6.07, 6.45) is 3.10. The molecule has 1 aliphatic heterocycles. The number of hydrogen-bond acceptors (Lipinski definition) is 5. The molecule has 20 heavy (non-hydrogen) atoms. The maximum atomic E-state index is 5.75. The molecule has 5 heteroatoms. The van der Waals surface area contributed by atoms with E-state index in [0.717, 1.165) is 49.9 Å². The van der Waals surface area contributed by atoms with Crippen molar-refractivity contribution in [1.82, 2.24) is 9.97 Å². The van der Waals surface area contributed by atoms with Crippen molar-refractivity contribution >= 4 is 11.6 Å². The highest BCUT2D eigenvalue weighted by Gasteiger charge is 2.28. The number of hydrogen-bond donors (Lipinski definition) is 2. The van der Waals surface area contributed by atoms with Gasteiger partial charge < -0.3 is 15.4 Å². The lowest BCUT2D eigenvalue weighted by atomic mass is 9.94. The van der Waals surface area contributed by atoms with Crippen LogP contribution < -0.4 is 10.6 Å². The second-order valence-corrected chi connectivity index (χ2v) is 6.05. The number of aromatic nitrogens is 2. The van der Waals surface area contributed by atoms with Crippen molar-refractivity contribution in [3.8, 4) is 0 Å². The second-order valence-electron chi connectivity index (χ2n) is 6.05. The Hall–Kier alpha value is -1.36. The molecule has 1 aromatic rings. The first-order valence-electron chi connectivity index (χ1n) is 7.48. The summed E-state index contributed by atoms with van der Waals surface area (Å²) in [6, 6.07) is 2.40. The van der Waals surface area contributed by atoms with Gasteiger partial charge in [0.2, 0.25) is 0 Å². The first kappa shape index (κ1) is 15.0. The molecule has 1 saturated heterocycles. The Morgan fingerprint density at radius 1 is 1.35 bits per heavy atom. The second kappa shape index (κ2) is 6.39. The smallest absolute Gasteiger partial charge is 0.132 e. The molecule has 1 fully saturated rings. The molecule has 0 radical (unpaired) electrons. The third-order valence-electron chi connectivity index (χ3n) is 3.44. The molecule has 0 saturated carbocycles. The Morgan fingerprint density at radius 3 is 2.80 bits per heavy atom. The largest absolute Gasteiger partial charge is 0.375 e. The van der Waals surface area contributed by atoms with Crippen LogP contribution in [0, 0.1) is 6.92 Å². The third kappa shape index (κ3) is 4.34. The normalized spacial score (nSPS) is 21.5. The Morgan fingerprint density at radius 2 is 2.10 bits per heavy atom. The molecule has 1 aliphatic rings. The van der Waals surface area contributed by atoms with Gasteiger partial charge in [0, 0.05) is 25.3 Å². The summed E-state index contributed by atoms with van der Waals surface area (Å²) in [7, 11) is 0. The van der Waals surface area contributed by atoms with Crippen LogP contribution in [0.3, 0.4) is 0 Å². The maximum absolute atomic E-state index is 5.75. The molecule has 0 bridgehead atoms. The molecular weight excluding hydrogens is 252 g/mol. The third-order valence-corrected chi connectivity index (χ3v) is 3.44. The maximum Gasteiger partial charge on any atom is 0.132 e. The molecule has 0 spiro atoms. The zero-order chi connectivity index (χ0) is 14.6. The highest BCUT2D eigenvalue weighted by Crippen LogP contribution is 2.26. The standard InChI is InChI=1S/C15H26N4O/c1-5-7-16-13-9-14(18-11(2)17-13)19-12-6-8-20-15(3,4)10-12/h9,12H,5-8,10H2,1-4H3,(H2,16,17,18,19). The average molecular weight is 278 g/mol. The number of anilines is 2. The number of ether oxygens (including phenoxy) is 1. The summed E-state index contributed by atoms with van der Waals surface area (Å²) in [5.41, 5.74) is -0.0543. The fourth-order valence-electron chi connectivity index (χ4n) is 2.55. The van der Waals surface area contributed by atoms with E-state index in [2.05, 4.69) is 41.4 Å². The first-order chi connectivity index (χ1) is 9.48. The Labute approximate surface area is 121 Å². The lowest BCUT2D eigenvalue weighted by Crippen LogP contribution is -2.40. The molecule has 0 aromatic carbocycles. The molecule has 1 aromatic heterocycles. The van der Waals surface area contributed by atoms with E-state index in [1.54, 1.807) is 0 Å². The van der Waals surface area contributed by atoms with Crippen molar-refractivity contribution < 1.29 is 4.74 Å². The number of nitrogens with zero attached hydrogens (tertiary/aromatic N) is 2. The molecule has 1 atom stereocenters. The van der Waals surface area contributed by atoms with Crippen LogP contribution in [0.4, 0.5) is 11.6 Å². The molecule has 112 valence electrons. The number of nitrogens with one attached hydrogen (secondary N) is 2. The molecule has 2 rings (SSSR count). The predicted octanol–water partition coefficient (Wildman–Crippen LogP) is 2.98. The number of aryl methyl sites for hydroxylation is 1. The van der Waals surface area contributed by atoms with Crippen LogP contribution >= 0.6 is 0 Å². The Kier molecular flexibility index (Phi) is 4.81. The predicted molar refractivity (Wildman–Crippen MR) is 82.2 cm³/mol. The molecule has 2 heterocycles. The molecule has 1 unspecified atom stereocenters. The van der Waals surface area contributed by atoms with Gasteiger partial charge in [-0.2, -0.15) is 0 Å². The van der Waals surface area contributed by atoms with Gasteiger partial charge in [-0.1, -0.05) is 6.92 Å². The highest BCUT2D eigenvalue weighted by atomic mass is 16.5. The van der Waals surface area contributed by atoms with Crippen LogP contribution in [0.25, 0.3) is 0 Å². The molecule has 0 aliphatic carbocycles. The van der Waals surface area contributed by atoms with E-state index in [9.17, 15) is 0 Å². The van der Waals surface area contributed by atoms with Crippen LogP contribution in [0.2, 0.25) is 0 Å². The van der Waals surface area contributed by atoms with Gasteiger partial charge in [0.05, 0.1) is 5.60 Å². The van der Waals surface area contributed by atoms with Crippen LogP contribution in [0.5, 0.6) is 0 Å². The van der Waals surface area contributed by atoms with Gasteiger partial charge in [-0.05, 0) is 40.0 Å². The van der Waals surface area contributed by atoms with E-state index in [0.29, 0.717) is 6.04 Å². The van der Waals surface area contributed by atoms with Crippen molar-refractivity contribution in [2.24, 2.45) is 0 Å². The Balaban J connectivity index is 2.03. The molecule has 5 nitrogen and oxygen atoms in total. The van der Waals surface area contributed by atoms with E-state index in [4.69, 9.17) is 4.74 Å². The summed E-state index contributed by atoms with van der Waals surface area (Å²) in [5, 5.41) is 6.84. The lowest BCUT2D eigenvalue weighted by molar-refractivity contribution is -0.0553. The highest BCUT2D eigenvalue weighted by molar-refractivity contribution is 5.48. The average Bonchev–Trinajstić information content (AvgIpc) is 2.34. The summed E-state index contributed by atoms with van der Waals surface area (Å²) in [6.45, 7) is 10.1. The van der Waals surface area contributed by atoms with Crippen LogP contribution in [-0.2, 0) is 4.74 Å². The van der Waals surface area contributed by atoms with E-state index in [-0.39, 0.29) is 5.60 Å². The fourth-order valence-corrected chi connectivity index (χ4v) is 2.55. The Bertz CT molecular complexity index is 447. The fraction of sp³-hybridized carbons (Fsp3) is 0.733. The first-order valence-corrected chi connectivity index (χ1v) is 7.48. The van der Waals surface area contributed by atoms with Crippen molar-refractivity contribution in [3.05, 3.63) is 11.9 Å². The van der Waals surface area contributed by atoms with Gasteiger partial charge >= 0.3 is 0 Å². The quantitative estimate of drug-likeness (QED) is 0.867. The summed E-state index contributed by atoms with van der Waals surface area (Å²) < 4.78 is 5.75. The summed E-state index contributed by atoms with van der Waals surface area (Å²) in [5.74, 6) is 2.59. The van der Waals surface area contributed by atoms with Crippen LogP contribution in [0.1, 0.15) is 45.9 Å². The van der Waals surface area contributed by atoms with Crippen molar-refractivity contribution in [3.63, 3.8) is 0 Å². The summed E-state index contributed by atoms with van der Waals surface area (Å²) in [4.78, 5) is 8.89. The zero-order valence-electron chi connectivity index (χ0n) is 13.0. The van der Waals surface area contributed by atoms with Gasteiger partial charge in [-0.3, -0.25) is 0 Å². The monoisotopic (exact) mass is 278 g/mol. The van der Waals surface area contributed by atoms with Gasteiger partial charge in [0.1, 0.15) is 17.5 Å². The van der Waals surface area contributed by atoms with Gasteiger partial charge in [0.15, 0.2) is 0 Å². The van der Waals surface area contributed by atoms with E-state index >= 15 is 0 Å². The molecule has 0 amide bonds. The summed E-state index contributed by atoms with van der Waals surface area (Å²) >= 11 is 0. The van der Waals surface area contributed by atoms with Crippen LogP contribution in [-0.4, -0.2) is 34.8 Å². The van der Waals surface area contributed by atoms with Gasteiger partial charge in [-0.25, -0.2) is 9.97 Å². The zero-order valence-corrected chi connectivity index (χ0v) is 13.0. The van der Waals surface area contributed by atoms with Crippen molar-refractivity contribution in [2.75, 3.05) is 23.8 Å². The van der Waals surface area contributed by atoms with Crippen LogP contribution in [0.15, 0.2) is 6.07 Å².